The fourth-order valence-electron chi connectivity index (χ4n) is 3.17. The summed E-state index contributed by atoms with van der Waals surface area (Å²) >= 11 is 0. The number of nitro benzene ring substituents is 1. The summed E-state index contributed by atoms with van der Waals surface area (Å²) in [6.07, 6.45) is 5.26. The Morgan fingerprint density at radius 2 is 2.00 bits per heavy atom. The average molecular weight is 291 g/mol. The van der Waals surface area contributed by atoms with Gasteiger partial charge in [-0.25, -0.2) is 0 Å². The van der Waals surface area contributed by atoms with E-state index in [-0.39, 0.29) is 10.6 Å². The van der Waals surface area contributed by atoms with Crippen LogP contribution < -0.4 is 10.6 Å². The zero-order chi connectivity index (χ0) is 15.4. The largest absolute Gasteiger partial charge is 0.368 e. The molecule has 0 radical (unpaired) electrons. The predicted molar refractivity (Wildman–Crippen MR) is 85.7 cm³/mol. The molecule has 0 bridgehead atoms. The highest BCUT2D eigenvalue weighted by atomic mass is 16.6. The smallest absolute Gasteiger partial charge is 0.271 e. The van der Waals surface area contributed by atoms with Crippen LogP contribution in [0.2, 0.25) is 0 Å². The second-order valence-electron chi connectivity index (χ2n) is 5.99. The van der Waals surface area contributed by atoms with Crippen molar-refractivity contribution >= 4 is 11.4 Å². The topological polar surface area (TPSA) is 72.4 Å². The quantitative estimate of drug-likeness (QED) is 0.666. The number of hydrogen-bond donors (Lipinski definition) is 1. The van der Waals surface area contributed by atoms with Crippen LogP contribution in [-0.2, 0) is 0 Å². The summed E-state index contributed by atoms with van der Waals surface area (Å²) in [5.41, 5.74) is 8.27. The first-order valence-corrected chi connectivity index (χ1v) is 7.80. The number of nitro groups is 1. The molecule has 2 rings (SSSR count). The molecule has 0 saturated heterocycles. The second-order valence-corrected chi connectivity index (χ2v) is 5.99. The zero-order valence-electron chi connectivity index (χ0n) is 12.9. The van der Waals surface area contributed by atoms with Gasteiger partial charge in [0.25, 0.3) is 5.69 Å². The van der Waals surface area contributed by atoms with Crippen LogP contribution in [0.15, 0.2) is 18.2 Å². The standard InChI is InChI=1S/C16H25N3O2/c1-3-10-18(14-8-5-13(17)6-9-14)16-11-15(19(20)21)7-4-12(16)2/h4,7,11,13-14H,3,5-6,8-10,17H2,1-2H3. The van der Waals surface area contributed by atoms with Crippen LogP contribution in [0.5, 0.6) is 0 Å². The average Bonchev–Trinajstić information content (AvgIpc) is 2.46. The molecule has 0 unspecified atom stereocenters. The van der Waals surface area contributed by atoms with Gasteiger partial charge >= 0.3 is 0 Å². The molecule has 1 fully saturated rings. The number of anilines is 1. The van der Waals surface area contributed by atoms with Crippen molar-refractivity contribution in [2.75, 3.05) is 11.4 Å². The van der Waals surface area contributed by atoms with Gasteiger partial charge < -0.3 is 10.6 Å². The van der Waals surface area contributed by atoms with Gasteiger partial charge in [-0.15, -0.1) is 0 Å². The molecule has 5 heteroatoms. The molecule has 21 heavy (non-hydrogen) atoms. The van der Waals surface area contributed by atoms with E-state index in [2.05, 4.69) is 11.8 Å². The molecule has 0 spiro atoms. The van der Waals surface area contributed by atoms with Crippen molar-refractivity contribution in [1.29, 1.82) is 0 Å². The Morgan fingerprint density at radius 3 is 2.57 bits per heavy atom. The minimum atomic E-state index is -0.316. The molecule has 0 aromatic heterocycles. The highest BCUT2D eigenvalue weighted by Gasteiger charge is 2.25. The van der Waals surface area contributed by atoms with Crippen molar-refractivity contribution in [2.24, 2.45) is 5.73 Å². The van der Waals surface area contributed by atoms with Crippen LogP contribution in [0.25, 0.3) is 0 Å². The highest BCUT2D eigenvalue weighted by molar-refractivity contribution is 5.59. The summed E-state index contributed by atoms with van der Waals surface area (Å²) in [6.45, 7) is 5.10. The van der Waals surface area contributed by atoms with Gasteiger partial charge in [0.15, 0.2) is 0 Å². The normalized spacial score (nSPS) is 22.0. The van der Waals surface area contributed by atoms with Gasteiger partial charge in [0, 0.05) is 36.4 Å². The third kappa shape index (κ3) is 3.73. The molecule has 1 saturated carbocycles. The van der Waals surface area contributed by atoms with E-state index in [4.69, 9.17) is 5.73 Å². The zero-order valence-corrected chi connectivity index (χ0v) is 12.9. The summed E-state index contributed by atoms with van der Waals surface area (Å²) in [6, 6.07) is 5.92. The molecule has 5 nitrogen and oxygen atoms in total. The van der Waals surface area contributed by atoms with Gasteiger partial charge in [0.2, 0.25) is 0 Å². The number of nitrogens with two attached hydrogens (primary N) is 1. The van der Waals surface area contributed by atoms with E-state index in [9.17, 15) is 10.1 Å². The molecule has 2 N–H and O–H groups in total. The lowest BCUT2D eigenvalue weighted by Gasteiger charge is -2.38. The van der Waals surface area contributed by atoms with Crippen molar-refractivity contribution < 1.29 is 4.92 Å². The minimum Gasteiger partial charge on any atom is -0.368 e. The van der Waals surface area contributed by atoms with Gasteiger partial charge in [-0.2, -0.15) is 0 Å². The lowest BCUT2D eigenvalue weighted by molar-refractivity contribution is -0.384. The monoisotopic (exact) mass is 291 g/mol. The van der Waals surface area contributed by atoms with Gasteiger partial charge in [-0.3, -0.25) is 10.1 Å². The van der Waals surface area contributed by atoms with Crippen molar-refractivity contribution in [2.45, 2.75) is 58.0 Å². The first-order chi connectivity index (χ1) is 10.0. The maximum Gasteiger partial charge on any atom is 0.271 e. The number of hydrogen-bond acceptors (Lipinski definition) is 4. The summed E-state index contributed by atoms with van der Waals surface area (Å²) in [7, 11) is 0. The maximum absolute atomic E-state index is 11.0. The van der Waals surface area contributed by atoms with Crippen LogP contribution in [0.1, 0.15) is 44.6 Å². The van der Waals surface area contributed by atoms with Crippen LogP contribution in [0.3, 0.4) is 0 Å². The molecule has 0 heterocycles. The van der Waals surface area contributed by atoms with Gasteiger partial charge in [-0.05, 0) is 44.6 Å². The molecular weight excluding hydrogens is 266 g/mol. The van der Waals surface area contributed by atoms with Crippen LogP contribution in [0, 0.1) is 17.0 Å². The lowest BCUT2D eigenvalue weighted by Crippen LogP contribution is -2.41. The molecule has 0 amide bonds. The predicted octanol–water partition coefficient (Wildman–Crippen LogP) is 3.39. The van der Waals surface area contributed by atoms with E-state index in [1.165, 1.54) is 0 Å². The van der Waals surface area contributed by atoms with E-state index in [1.54, 1.807) is 12.1 Å². The van der Waals surface area contributed by atoms with E-state index < -0.39 is 0 Å². The number of aryl methyl sites for hydroxylation is 1. The molecule has 116 valence electrons. The minimum absolute atomic E-state index is 0.171. The van der Waals surface area contributed by atoms with Crippen molar-refractivity contribution in [1.82, 2.24) is 0 Å². The molecule has 1 aromatic rings. The Hall–Kier alpha value is -1.62. The highest BCUT2D eigenvalue weighted by Crippen LogP contribution is 2.31. The summed E-state index contributed by atoms with van der Waals surface area (Å²) in [4.78, 5) is 13.1. The Kier molecular flexibility index (Phi) is 5.17. The van der Waals surface area contributed by atoms with Gasteiger partial charge in [0.05, 0.1) is 4.92 Å². The number of nitrogens with zero attached hydrogens (tertiary/aromatic N) is 2. The van der Waals surface area contributed by atoms with Gasteiger partial charge in [0.1, 0.15) is 0 Å². The van der Waals surface area contributed by atoms with E-state index in [0.717, 1.165) is 49.9 Å². The molecular formula is C16H25N3O2. The Morgan fingerprint density at radius 1 is 1.33 bits per heavy atom. The third-order valence-electron chi connectivity index (χ3n) is 4.36. The van der Waals surface area contributed by atoms with Crippen LogP contribution in [-0.4, -0.2) is 23.6 Å². The first kappa shape index (κ1) is 15.8. The van der Waals surface area contributed by atoms with Crippen molar-refractivity contribution in [3.8, 4) is 0 Å². The molecule has 0 atom stereocenters. The van der Waals surface area contributed by atoms with Crippen LogP contribution in [0.4, 0.5) is 11.4 Å². The lowest BCUT2D eigenvalue weighted by atomic mass is 9.90. The van der Waals surface area contributed by atoms with E-state index in [1.807, 2.05) is 13.0 Å². The maximum atomic E-state index is 11.0. The number of benzene rings is 1. The molecule has 1 aliphatic rings. The third-order valence-corrected chi connectivity index (χ3v) is 4.36. The molecule has 1 aliphatic carbocycles. The second kappa shape index (κ2) is 6.89. The van der Waals surface area contributed by atoms with Crippen molar-refractivity contribution in [3.05, 3.63) is 33.9 Å². The fourth-order valence-corrected chi connectivity index (χ4v) is 3.17. The SMILES string of the molecule is CCCN(c1cc([N+](=O)[O-])ccc1C)C1CCC(N)CC1. The summed E-state index contributed by atoms with van der Waals surface area (Å²) < 4.78 is 0. The Labute approximate surface area is 126 Å². The van der Waals surface area contributed by atoms with Crippen molar-refractivity contribution in [3.63, 3.8) is 0 Å². The summed E-state index contributed by atoms with van der Waals surface area (Å²) in [5.74, 6) is 0. The number of rotatable bonds is 5. The Balaban J connectivity index is 2.28. The first-order valence-electron chi connectivity index (χ1n) is 7.80. The Bertz CT molecular complexity index is 496. The molecule has 1 aromatic carbocycles. The number of non-ortho nitro benzene ring substituents is 1. The fraction of sp³-hybridized carbons (Fsp3) is 0.625. The molecule has 0 aliphatic heterocycles. The van der Waals surface area contributed by atoms with Crippen LogP contribution >= 0.6 is 0 Å². The van der Waals surface area contributed by atoms with Gasteiger partial charge in [-0.1, -0.05) is 13.0 Å². The summed E-state index contributed by atoms with van der Waals surface area (Å²) in [5, 5.41) is 11.0. The van der Waals surface area contributed by atoms with E-state index in [0.29, 0.717) is 12.1 Å². The van der Waals surface area contributed by atoms with E-state index >= 15 is 0 Å².